The molecule has 0 aliphatic heterocycles. The molecule has 1 aromatic heterocycles. The van der Waals surface area contributed by atoms with E-state index >= 15 is 0 Å². The number of anilines is 3. The van der Waals surface area contributed by atoms with Crippen LogP contribution in [0.1, 0.15) is 25.5 Å². The Morgan fingerprint density at radius 1 is 1.42 bits per heavy atom. The second-order valence-electron chi connectivity index (χ2n) is 4.67. The summed E-state index contributed by atoms with van der Waals surface area (Å²) in [7, 11) is 1.88. The molecule has 0 saturated heterocycles. The largest absolute Gasteiger partial charge is 0.394 e. The third-order valence-corrected chi connectivity index (χ3v) is 3.97. The molecule has 0 aliphatic rings. The average Bonchev–Trinajstić information content (AvgIpc) is 2.60. The summed E-state index contributed by atoms with van der Waals surface area (Å²) in [5, 5.41) is 8.49. The minimum absolute atomic E-state index is 0.297. The number of aryl methyl sites for hydroxylation is 1. The Morgan fingerprint density at radius 2 is 2.11 bits per heavy atom. The Hall–Kier alpha value is -0.950. The fourth-order valence-corrected chi connectivity index (χ4v) is 2.86. The smallest absolute Gasteiger partial charge is 0.152 e. The number of nitrogens with zero attached hydrogens (tertiary/aromatic N) is 2. The van der Waals surface area contributed by atoms with Gasteiger partial charge in [0.05, 0.1) is 17.1 Å². The van der Waals surface area contributed by atoms with Crippen LogP contribution in [0.3, 0.4) is 0 Å². The van der Waals surface area contributed by atoms with Gasteiger partial charge < -0.3 is 11.1 Å². The van der Waals surface area contributed by atoms with Crippen molar-refractivity contribution in [3.8, 4) is 0 Å². The quantitative estimate of drug-likeness (QED) is 0.775. The first-order chi connectivity index (χ1) is 8.90. The molecular weight excluding hydrogens is 375 g/mol. The lowest BCUT2D eigenvalue weighted by Gasteiger charge is -2.10. The van der Waals surface area contributed by atoms with E-state index in [2.05, 4.69) is 46.9 Å². The zero-order chi connectivity index (χ0) is 14.2. The van der Waals surface area contributed by atoms with E-state index in [0.29, 0.717) is 11.6 Å². The topological polar surface area (TPSA) is 55.9 Å². The number of nitrogen functional groups attached to an aromatic ring is 1. The van der Waals surface area contributed by atoms with Gasteiger partial charge in [0.2, 0.25) is 0 Å². The fourth-order valence-electron chi connectivity index (χ4n) is 1.85. The van der Waals surface area contributed by atoms with Crippen LogP contribution in [0.4, 0.5) is 17.2 Å². The minimum atomic E-state index is 0.297. The molecule has 1 heterocycles. The molecule has 0 saturated carbocycles. The molecule has 0 aliphatic carbocycles. The number of nitrogens with two attached hydrogens (primary N) is 1. The summed E-state index contributed by atoms with van der Waals surface area (Å²) >= 11 is 8.19. The first-order valence-corrected chi connectivity index (χ1v) is 7.40. The molecule has 1 aromatic carbocycles. The van der Waals surface area contributed by atoms with Crippen molar-refractivity contribution in [2.75, 3.05) is 11.1 Å². The van der Waals surface area contributed by atoms with Gasteiger partial charge in [0.1, 0.15) is 0 Å². The van der Waals surface area contributed by atoms with Gasteiger partial charge in [-0.05, 0) is 46.7 Å². The predicted octanol–water partition coefficient (Wildman–Crippen LogP) is 4.13. The summed E-state index contributed by atoms with van der Waals surface area (Å²) in [6.07, 6.45) is 0. The van der Waals surface area contributed by atoms with Crippen LogP contribution < -0.4 is 11.1 Å². The third-order valence-electron chi connectivity index (χ3n) is 2.84. The maximum absolute atomic E-state index is 6.16. The van der Waals surface area contributed by atoms with Gasteiger partial charge in [0, 0.05) is 15.6 Å². The molecule has 102 valence electrons. The molecule has 0 spiro atoms. The predicted molar refractivity (Wildman–Crippen MR) is 89.2 cm³/mol. The van der Waals surface area contributed by atoms with Crippen molar-refractivity contribution in [1.29, 1.82) is 0 Å². The molecule has 0 atom stereocenters. The van der Waals surface area contributed by atoms with Crippen molar-refractivity contribution in [3.05, 3.63) is 32.5 Å². The van der Waals surface area contributed by atoms with Gasteiger partial charge >= 0.3 is 0 Å². The maximum atomic E-state index is 6.16. The Bertz CT molecular complexity index is 607. The molecule has 6 heteroatoms. The lowest BCUT2D eigenvalue weighted by molar-refractivity contribution is 0.718. The van der Waals surface area contributed by atoms with E-state index in [1.165, 1.54) is 0 Å². The van der Waals surface area contributed by atoms with Crippen LogP contribution in [0.2, 0.25) is 5.02 Å². The highest BCUT2D eigenvalue weighted by molar-refractivity contribution is 14.1. The second kappa shape index (κ2) is 5.58. The van der Waals surface area contributed by atoms with E-state index in [0.717, 1.165) is 25.8 Å². The molecule has 0 radical (unpaired) electrons. The van der Waals surface area contributed by atoms with Gasteiger partial charge in [0.15, 0.2) is 5.82 Å². The average molecular weight is 391 g/mol. The molecule has 0 amide bonds. The van der Waals surface area contributed by atoms with Crippen molar-refractivity contribution in [2.24, 2.45) is 7.05 Å². The highest BCUT2D eigenvalue weighted by Gasteiger charge is 2.16. The van der Waals surface area contributed by atoms with Crippen molar-refractivity contribution >= 4 is 51.4 Å². The van der Waals surface area contributed by atoms with E-state index in [1.54, 1.807) is 4.68 Å². The molecule has 0 bridgehead atoms. The normalized spacial score (nSPS) is 11.1. The third kappa shape index (κ3) is 2.97. The van der Waals surface area contributed by atoms with Crippen LogP contribution in [-0.2, 0) is 7.05 Å². The second-order valence-corrected chi connectivity index (χ2v) is 6.27. The lowest BCUT2D eigenvalue weighted by atomic mass is 10.1. The van der Waals surface area contributed by atoms with Crippen LogP contribution in [0.25, 0.3) is 0 Å². The van der Waals surface area contributed by atoms with Gasteiger partial charge in [-0.25, -0.2) is 0 Å². The first kappa shape index (κ1) is 14.5. The number of benzene rings is 1. The molecule has 2 rings (SSSR count). The van der Waals surface area contributed by atoms with E-state index < -0.39 is 0 Å². The molecule has 2 aromatic rings. The summed E-state index contributed by atoms with van der Waals surface area (Å²) in [4.78, 5) is 0. The van der Waals surface area contributed by atoms with E-state index in [1.807, 2.05) is 25.2 Å². The Balaban J connectivity index is 2.38. The minimum Gasteiger partial charge on any atom is -0.394 e. The standard InChI is InChI=1S/C13H16ClIN4/c1-7(2)12-11(16)13(19(3)18-12)17-10-5-4-8(14)6-9(10)15/h4-7,17H,16H2,1-3H3. The van der Waals surface area contributed by atoms with Gasteiger partial charge in [-0.1, -0.05) is 25.4 Å². The zero-order valence-electron chi connectivity index (χ0n) is 11.0. The summed E-state index contributed by atoms with van der Waals surface area (Å²) in [5.41, 5.74) is 8.73. The fraction of sp³-hybridized carbons (Fsp3) is 0.308. The summed E-state index contributed by atoms with van der Waals surface area (Å²) in [5.74, 6) is 1.11. The molecule has 0 unspecified atom stereocenters. The maximum Gasteiger partial charge on any atom is 0.152 e. The molecule has 3 N–H and O–H groups in total. The van der Waals surface area contributed by atoms with Gasteiger partial charge in [-0.3, -0.25) is 4.68 Å². The summed E-state index contributed by atoms with van der Waals surface area (Å²) < 4.78 is 2.81. The van der Waals surface area contributed by atoms with Crippen LogP contribution >= 0.6 is 34.2 Å². The summed E-state index contributed by atoms with van der Waals surface area (Å²) in [6, 6.07) is 5.69. The number of rotatable bonds is 3. The van der Waals surface area contributed by atoms with Crippen molar-refractivity contribution in [2.45, 2.75) is 19.8 Å². The number of aromatic nitrogens is 2. The van der Waals surface area contributed by atoms with E-state index in [9.17, 15) is 0 Å². The molecule has 19 heavy (non-hydrogen) atoms. The number of hydrogen-bond acceptors (Lipinski definition) is 3. The van der Waals surface area contributed by atoms with Crippen molar-refractivity contribution in [3.63, 3.8) is 0 Å². The van der Waals surface area contributed by atoms with Crippen molar-refractivity contribution in [1.82, 2.24) is 9.78 Å². The summed E-state index contributed by atoms with van der Waals surface area (Å²) in [6.45, 7) is 4.16. The van der Waals surface area contributed by atoms with Gasteiger partial charge in [-0.15, -0.1) is 0 Å². The highest BCUT2D eigenvalue weighted by Crippen LogP contribution is 2.32. The SMILES string of the molecule is CC(C)c1nn(C)c(Nc2ccc(Cl)cc2I)c1N. The van der Waals surface area contributed by atoms with Crippen LogP contribution in [0.15, 0.2) is 18.2 Å². The Morgan fingerprint density at radius 3 is 2.63 bits per heavy atom. The molecular formula is C13H16ClIN4. The van der Waals surface area contributed by atoms with Crippen LogP contribution in [0, 0.1) is 3.57 Å². The zero-order valence-corrected chi connectivity index (χ0v) is 14.0. The Kier molecular flexibility index (Phi) is 4.25. The van der Waals surface area contributed by atoms with Crippen LogP contribution in [0.5, 0.6) is 0 Å². The monoisotopic (exact) mass is 390 g/mol. The molecule has 4 nitrogen and oxygen atoms in total. The Labute approximate surface area is 131 Å². The number of hydrogen-bond donors (Lipinski definition) is 2. The van der Waals surface area contributed by atoms with Crippen LogP contribution in [-0.4, -0.2) is 9.78 Å². The van der Waals surface area contributed by atoms with E-state index in [-0.39, 0.29) is 0 Å². The van der Waals surface area contributed by atoms with Crippen molar-refractivity contribution < 1.29 is 0 Å². The number of halogens is 2. The van der Waals surface area contributed by atoms with E-state index in [4.69, 9.17) is 17.3 Å². The number of nitrogens with one attached hydrogen (secondary N) is 1. The molecule has 0 fully saturated rings. The van der Waals surface area contributed by atoms with Gasteiger partial charge in [0.25, 0.3) is 0 Å². The highest BCUT2D eigenvalue weighted by atomic mass is 127. The van der Waals surface area contributed by atoms with Gasteiger partial charge in [-0.2, -0.15) is 5.10 Å². The first-order valence-electron chi connectivity index (χ1n) is 5.94. The lowest BCUT2D eigenvalue weighted by Crippen LogP contribution is -2.02.